The summed E-state index contributed by atoms with van der Waals surface area (Å²) in [5, 5.41) is 3.00. The van der Waals surface area contributed by atoms with E-state index in [1.54, 1.807) is 0 Å². The lowest BCUT2D eigenvalue weighted by Gasteiger charge is -2.35. The third-order valence-electron chi connectivity index (χ3n) is 4.32. The van der Waals surface area contributed by atoms with Crippen LogP contribution in [-0.2, 0) is 14.3 Å². The zero-order valence-electron chi connectivity index (χ0n) is 13.5. The van der Waals surface area contributed by atoms with Crippen molar-refractivity contribution < 1.29 is 14.3 Å². The number of carbonyl (C=O) groups is 2. The van der Waals surface area contributed by atoms with E-state index in [4.69, 9.17) is 4.74 Å². The maximum atomic E-state index is 12.2. The van der Waals surface area contributed by atoms with Crippen molar-refractivity contribution in [2.45, 2.75) is 52.6 Å². The van der Waals surface area contributed by atoms with Crippen LogP contribution in [0.3, 0.4) is 0 Å². The zero-order chi connectivity index (χ0) is 15.5. The molecule has 0 aromatic carbocycles. The molecule has 120 valence electrons. The fourth-order valence-corrected chi connectivity index (χ4v) is 2.98. The normalized spacial score (nSPS) is 24.1. The molecule has 0 aromatic rings. The van der Waals surface area contributed by atoms with Gasteiger partial charge in [0, 0.05) is 37.6 Å². The minimum Gasteiger partial charge on any atom is -0.376 e. The fraction of sp³-hybridized carbons (Fsp3) is 0.875. The second-order valence-electron chi connectivity index (χ2n) is 7.20. The van der Waals surface area contributed by atoms with Crippen molar-refractivity contribution in [3.63, 3.8) is 0 Å². The summed E-state index contributed by atoms with van der Waals surface area (Å²) in [7, 11) is 0. The van der Waals surface area contributed by atoms with E-state index in [0.717, 1.165) is 32.3 Å². The van der Waals surface area contributed by atoms with Gasteiger partial charge in [0.15, 0.2) is 0 Å². The Labute approximate surface area is 127 Å². The Hall–Kier alpha value is -1.10. The molecule has 5 heteroatoms. The van der Waals surface area contributed by atoms with Crippen LogP contribution in [0.1, 0.15) is 46.5 Å². The lowest BCUT2D eigenvalue weighted by molar-refractivity contribution is -0.142. The highest BCUT2D eigenvalue weighted by atomic mass is 16.5. The second kappa shape index (κ2) is 6.77. The SMILES string of the molecule is CC(C)(C)C(=O)N1CCC(C(=O)NC[C@H]2CCCO2)CC1. The lowest BCUT2D eigenvalue weighted by Crippen LogP contribution is -2.47. The largest absolute Gasteiger partial charge is 0.376 e. The Balaban J connectivity index is 1.72. The molecule has 0 radical (unpaired) electrons. The number of nitrogens with zero attached hydrogens (tertiary/aromatic N) is 1. The van der Waals surface area contributed by atoms with Crippen LogP contribution < -0.4 is 5.32 Å². The summed E-state index contributed by atoms with van der Waals surface area (Å²) in [5.74, 6) is 0.337. The molecule has 1 N–H and O–H groups in total. The average molecular weight is 296 g/mol. The van der Waals surface area contributed by atoms with Gasteiger partial charge in [-0.25, -0.2) is 0 Å². The maximum Gasteiger partial charge on any atom is 0.227 e. The van der Waals surface area contributed by atoms with E-state index in [1.807, 2.05) is 25.7 Å². The number of ether oxygens (including phenoxy) is 1. The molecule has 0 saturated carbocycles. The number of carbonyl (C=O) groups excluding carboxylic acids is 2. The molecule has 1 atom stereocenters. The van der Waals surface area contributed by atoms with Crippen LogP contribution in [-0.4, -0.2) is 49.1 Å². The Morgan fingerprint density at radius 3 is 2.38 bits per heavy atom. The van der Waals surface area contributed by atoms with Gasteiger partial charge in [0.2, 0.25) is 11.8 Å². The predicted molar refractivity (Wildman–Crippen MR) is 80.7 cm³/mol. The Kier molecular flexibility index (Phi) is 5.25. The van der Waals surface area contributed by atoms with Crippen molar-refractivity contribution >= 4 is 11.8 Å². The standard InChI is InChI=1S/C16H28N2O3/c1-16(2,3)15(20)18-8-6-12(7-9-18)14(19)17-11-13-5-4-10-21-13/h12-13H,4-11H2,1-3H3,(H,17,19)/t13-/m1/s1. The number of amides is 2. The van der Waals surface area contributed by atoms with Crippen LogP contribution in [0.25, 0.3) is 0 Å². The molecule has 2 saturated heterocycles. The second-order valence-corrected chi connectivity index (χ2v) is 7.20. The topological polar surface area (TPSA) is 58.6 Å². The molecule has 2 aliphatic heterocycles. The minimum absolute atomic E-state index is 0.0374. The van der Waals surface area contributed by atoms with Gasteiger partial charge < -0.3 is 15.0 Å². The quantitative estimate of drug-likeness (QED) is 0.860. The number of hydrogen-bond donors (Lipinski definition) is 1. The highest BCUT2D eigenvalue weighted by Crippen LogP contribution is 2.23. The van der Waals surface area contributed by atoms with Gasteiger partial charge in [0.25, 0.3) is 0 Å². The third-order valence-corrected chi connectivity index (χ3v) is 4.32. The predicted octanol–water partition coefficient (Wildman–Crippen LogP) is 1.57. The fourth-order valence-electron chi connectivity index (χ4n) is 2.98. The van der Waals surface area contributed by atoms with E-state index in [9.17, 15) is 9.59 Å². The highest BCUT2D eigenvalue weighted by molar-refractivity contribution is 5.82. The number of hydrogen-bond acceptors (Lipinski definition) is 3. The average Bonchev–Trinajstić information content (AvgIpc) is 2.96. The molecule has 0 aliphatic carbocycles. The monoisotopic (exact) mass is 296 g/mol. The molecule has 2 heterocycles. The summed E-state index contributed by atoms with van der Waals surface area (Å²) in [6, 6.07) is 0. The van der Waals surface area contributed by atoms with Crippen molar-refractivity contribution in [3.8, 4) is 0 Å². The van der Waals surface area contributed by atoms with E-state index in [2.05, 4.69) is 5.32 Å². The number of nitrogens with one attached hydrogen (secondary N) is 1. The molecule has 5 nitrogen and oxygen atoms in total. The molecule has 2 rings (SSSR count). The molecular formula is C16H28N2O3. The van der Waals surface area contributed by atoms with Gasteiger partial charge in [0.1, 0.15) is 0 Å². The van der Waals surface area contributed by atoms with Gasteiger partial charge in [-0.3, -0.25) is 9.59 Å². The summed E-state index contributed by atoms with van der Waals surface area (Å²) in [5.41, 5.74) is -0.338. The van der Waals surface area contributed by atoms with Crippen LogP contribution in [0, 0.1) is 11.3 Å². The molecule has 2 aliphatic rings. The van der Waals surface area contributed by atoms with E-state index < -0.39 is 0 Å². The molecule has 0 spiro atoms. The summed E-state index contributed by atoms with van der Waals surface area (Å²) >= 11 is 0. The molecule has 21 heavy (non-hydrogen) atoms. The van der Waals surface area contributed by atoms with Gasteiger partial charge in [-0.2, -0.15) is 0 Å². The molecule has 0 bridgehead atoms. The van der Waals surface area contributed by atoms with E-state index >= 15 is 0 Å². The van der Waals surface area contributed by atoms with Gasteiger partial charge in [0.05, 0.1) is 6.10 Å². The Bertz CT molecular complexity index is 375. The summed E-state index contributed by atoms with van der Waals surface area (Å²) in [6.45, 7) is 8.64. The first-order chi connectivity index (χ1) is 9.88. The van der Waals surface area contributed by atoms with Crippen LogP contribution in [0.5, 0.6) is 0 Å². The smallest absolute Gasteiger partial charge is 0.227 e. The Morgan fingerprint density at radius 2 is 1.86 bits per heavy atom. The minimum atomic E-state index is -0.338. The zero-order valence-corrected chi connectivity index (χ0v) is 13.5. The summed E-state index contributed by atoms with van der Waals surface area (Å²) < 4.78 is 5.51. The van der Waals surface area contributed by atoms with Crippen LogP contribution in [0.2, 0.25) is 0 Å². The van der Waals surface area contributed by atoms with Crippen molar-refractivity contribution in [2.75, 3.05) is 26.2 Å². The lowest BCUT2D eigenvalue weighted by atomic mass is 9.90. The van der Waals surface area contributed by atoms with Crippen molar-refractivity contribution in [1.82, 2.24) is 10.2 Å². The van der Waals surface area contributed by atoms with Gasteiger partial charge in [-0.1, -0.05) is 20.8 Å². The molecular weight excluding hydrogens is 268 g/mol. The summed E-state index contributed by atoms with van der Waals surface area (Å²) in [4.78, 5) is 26.3. The number of piperidine rings is 1. The molecule has 0 unspecified atom stereocenters. The Morgan fingerprint density at radius 1 is 1.19 bits per heavy atom. The molecule has 2 amide bonds. The first-order valence-corrected chi connectivity index (χ1v) is 8.06. The van der Waals surface area contributed by atoms with Crippen LogP contribution >= 0.6 is 0 Å². The first kappa shape index (κ1) is 16.3. The van der Waals surface area contributed by atoms with E-state index in [0.29, 0.717) is 19.6 Å². The van der Waals surface area contributed by atoms with Crippen LogP contribution in [0.15, 0.2) is 0 Å². The van der Waals surface area contributed by atoms with Crippen LogP contribution in [0.4, 0.5) is 0 Å². The third kappa shape index (κ3) is 4.43. The molecule has 2 fully saturated rings. The van der Waals surface area contributed by atoms with Crippen molar-refractivity contribution in [2.24, 2.45) is 11.3 Å². The van der Waals surface area contributed by atoms with Gasteiger partial charge >= 0.3 is 0 Å². The highest BCUT2D eigenvalue weighted by Gasteiger charge is 2.32. The first-order valence-electron chi connectivity index (χ1n) is 8.06. The maximum absolute atomic E-state index is 12.2. The molecule has 0 aromatic heterocycles. The number of likely N-dealkylation sites (tertiary alicyclic amines) is 1. The van der Waals surface area contributed by atoms with Gasteiger partial charge in [-0.15, -0.1) is 0 Å². The number of rotatable bonds is 3. The van der Waals surface area contributed by atoms with Crippen molar-refractivity contribution in [3.05, 3.63) is 0 Å². The summed E-state index contributed by atoms with van der Waals surface area (Å²) in [6.07, 6.45) is 3.85. The van der Waals surface area contributed by atoms with Crippen molar-refractivity contribution in [1.29, 1.82) is 0 Å². The van der Waals surface area contributed by atoms with Gasteiger partial charge in [-0.05, 0) is 25.7 Å². The van der Waals surface area contributed by atoms with E-state index in [1.165, 1.54) is 0 Å². The van der Waals surface area contributed by atoms with E-state index in [-0.39, 0.29) is 29.3 Å².